The molecule has 4 nitrogen and oxygen atoms in total. The Kier molecular flexibility index (Phi) is 6.13. The number of thiophene rings is 1. The normalized spacial score (nSPS) is 18.2. The quantitative estimate of drug-likeness (QED) is 0.525. The van der Waals surface area contributed by atoms with Crippen molar-refractivity contribution in [3.05, 3.63) is 58.4 Å². The number of carbonyl (C=O) groups excluding carboxylic acids is 1. The summed E-state index contributed by atoms with van der Waals surface area (Å²) in [7, 11) is 0. The molecular formula is C23H28N2O2S. The molecule has 4 rings (SSSR count). The van der Waals surface area contributed by atoms with E-state index in [1.165, 1.54) is 41.5 Å². The van der Waals surface area contributed by atoms with E-state index in [9.17, 15) is 4.79 Å². The molecule has 2 aromatic heterocycles. The maximum Gasteiger partial charge on any atom is 0.325 e. The van der Waals surface area contributed by atoms with Crippen LogP contribution in [0.3, 0.4) is 0 Å². The molecule has 0 bridgehead atoms. The smallest absolute Gasteiger partial charge is 0.325 e. The first-order valence-electron chi connectivity index (χ1n) is 10.3. The Bertz CT molecular complexity index is 916. The molecule has 3 aromatic rings. The molecule has 3 heterocycles. The van der Waals surface area contributed by atoms with Crippen molar-refractivity contribution in [2.75, 3.05) is 13.2 Å². The molecule has 148 valence electrons. The van der Waals surface area contributed by atoms with Crippen molar-refractivity contribution in [2.45, 2.75) is 51.7 Å². The second-order valence-corrected chi connectivity index (χ2v) is 8.43. The Balaban J connectivity index is 1.63. The van der Waals surface area contributed by atoms with Gasteiger partial charge in [-0.25, -0.2) is 0 Å². The highest BCUT2D eigenvalue weighted by atomic mass is 32.1. The van der Waals surface area contributed by atoms with E-state index in [0.717, 1.165) is 18.6 Å². The van der Waals surface area contributed by atoms with Gasteiger partial charge in [0.1, 0.15) is 6.54 Å². The van der Waals surface area contributed by atoms with Crippen molar-refractivity contribution in [1.29, 1.82) is 0 Å². The molecule has 0 amide bonds. The van der Waals surface area contributed by atoms with Gasteiger partial charge in [0.25, 0.3) is 0 Å². The fourth-order valence-corrected chi connectivity index (χ4v) is 5.20. The first-order valence-corrected chi connectivity index (χ1v) is 11.1. The van der Waals surface area contributed by atoms with Crippen LogP contribution in [-0.4, -0.2) is 28.6 Å². The van der Waals surface area contributed by atoms with Gasteiger partial charge in [-0.15, -0.1) is 11.3 Å². The van der Waals surface area contributed by atoms with E-state index >= 15 is 0 Å². The highest BCUT2D eigenvalue weighted by molar-refractivity contribution is 7.10. The van der Waals surface area contributed by atoms with Crippen LogP contribution in [0.5, 0.6) is 0 Å². The summed E-state index contributed by atoms with van der Waals surface area (Å²) < 4.78 is 7.21. The maximum absolute atomic E-state index is 12.1. The van der Waals surface area contributed by atoms with Crippen LogP contribution in [-0.2, 0) is 22.6 Å². The van der Waals surface area contributed by atoms with Crippen molar-refractivity contribution < 1.29 is 9.53 Å². The maximum atomic E-state index is 12.1. The zero-order chi connectivity index (χ0) is 19.3. The molecule has 5 heteroatoms. The van der Waals surface area contributed by atoms with E-state index in [2.05, 4.69) is 46.8 Å². The zero-order valence-corrected chi connectivity index (χ0v) is 17.3. The number of rotatable bonds is 6. The highest BCUT2D eigenvalue weighted by Gasteiger charge is 2.24. The third kappa shape index (κ3) is 4.15. The monoisotopic (exact) mass is 396 g/mol. The molecule has 1 atom stereocenters. The summed E-state index contributed by atoms with van der Waals surface area (Å²) in [4.78, 5) is 16.2. The van der Waals surface area contributed by atoms with Crippen LogP contribution in [0.4, 0.5) is 0 Å². The largest absolute Gasteiger partial charge is 0.465 e. The third-order valence-electron chi connectivity index (χ3n) is 5.58. The fourth-order valence-electron chi connectivity index (χ4n) is 4.30. The van der Waals surface area contributed by atoms with Gasteiger partial charge in [0.15, 0.2) is 0 Å². The van der Waals surface area contributed by atoms with Gasteiger partial charge in [0.2, 0.25) is 0 Å². The predicted octanol–water partition coefficient (Wildman–Crippen LogP) is 5.38. The molecule has 0 N–H and O–H groups in total. The van der Waals surface area contributed by atoms with Crippen molar-refractivity contribution in [3.8, 4) is 0 Å². The minimum atomic E-state index is -0.180. The van der Waals surface area contributed by atoms with Gasteiger partial charge >= 0.3 is 5.97 Å². The average Bonchev–Trinajstić information content (AvgIpc) is 3.27. The lowest BCUT2D eigenvalue weighted by Gasteiger charge is -2.29. The van der Waals surface area contributed by atoms with Gasteiger partial charge in [0.05, 0.1) is 6.61 Å². The predicted molar refractivity (Wildman–Crippen MR) is 115 cm³/mol. The molecule has 0 aliphatic carbocycles. The van der Waals surface area contributed by atoms with Crippen LogP contribution in [0.1, 0.15) is 49.1 Å². The number of likely N-dealkylation sites (tertiary alicyclic amines) is 1. The van der Waals surface area contributed by atoms with E-state index in [1.54, 1.807) is 0 Å². The lowest BCUT2D eigenvalue weighted by molar-refractivity contribution is -0.143. The van der Waals surface area contributed by atoms with Crippen molar-refractivity contribution >= 4 is 28.2 Å². The molecule has 28 heavy (non-hydrogen) atoms. The second-order valence-electron chi connectivity index (χ2n) is 7.46. The summed E-state index contributed by atoms with van der Waals surface area (Å²) in [5, 5.41) is 3.42. The van der Waals surface area contributed by atoms with Crippen LogP contribution in [0.2, 0.25) is 0 Å². The number of aromatic nitrogens is 1. The molecule has 0 spiro atoms. The average molecular weight is 397 g/mol. The Labute approximate surface area is 170 Å². The van der Waals surface area contributed by atoms with E-state index < -0.39 is 0 Å². The molecule has 1 saturated heterocycles. The van der Waals surface area contributed by atoms with Gasteiger partial charge in [-0.2, -0.15) is 0 Å². The minimum absolute atomic E-state index is 0.180. The third-order valence-corrected chi connectivity index (χ3v) is 6.56. The SMILES string of the molecule is CCOC(=O)Cn1cc(CN2CCCCC[C@@H]2c2cccs2)c2ccccc21. The highest BCUT2D eigenvalue weighted by Crippen LogP contribution is 2.35. The van der Waals surface area contributed by atoms with Crippen molar-refractivity contribution in [3.63, 3.8) is 0 Å². The van der Waals surface area contributed by atoms with Gasteiger partial charge in [-0.1, -0.05) is 37.1 Å². The summed E-state index contributed by atoms with van der Waals surface area (Å²) in [5.41, 5.74) is 2.40. The Hall–Kier alpha value is -2.11. The number of hydrogen-bond donors (Lipinski definition) is 0. The Morgan fingerprint density at radius 2 is 2.07 bits per heavy atom. The number of benzene rings is 1. The first-order chi connectivity index (χ1) is 13.8. The van der Waals surface area contributed by atoms with Gasteiger partial charge in [-0.05, 0) is 49.4 Å². The lowest BCUT2D eigenvalue weighted by Crippen LogP contribution is -2.27. The van der Waals surface area contributed by atoms with Crippen molar-refractivity contribution in [1.82, 2.24) is 9.47 Å². The number of esters is 1. The number of fused-ring (bicyclic) bond motifs is 1. The number of hydrogen-bond acceptors (Lipinski definition) is 4. The molecule has 1 aliphatic rings. The molecule has 0 unspecified atom stereocenters. The summed E-state index contributed by atoms with van der Waals surface area (Å²) in [6.45, 7) is 4.57. The molecule has 0 saturated carbocycles. The molecule has 0 radical (unpaired) electrons. The topological polar surface area (TPSA) is 34.5 Å². The number of carbonyl (C=O) groups is 1. The van der Waals surface area contributed by atoms with E-state index in [1.807, 2.05) is 28.9 Å². The minimum Gasteiger partial charge on any atom is -0.465 e. The summed E-state index contributed by atoms with van der Waals surface area (Å²) in [5.74, 6) is -0.180. The first kappa shape index (κ1) is 19.2. The van der Waals surface area contributed by atoms with Crippen LogP contribution in [0.15, 0.2) is 48.0 Å². The second kappa shape index (κ2) is 8.93. The Morgan fingerprint density at radius 3 is 2.89 bits per heavy atom. The number of ether oxygens (including phenoxy) is 1. The van der Waals surface area contributed by atoms with E-state index in [4.69, 9.17) is 4.74 Å². The van der Waals surface area contributed by atoms with E-state index in [0.29, 0.717) is 12.6 Å². The van der Waals surface area contributed by atoms with Gasteiger partial charge < -0.3 is 9.30 Å². The molecule has 1 aromatic carbocycles. The Morgan fingerprint density at radius 1 is 1.18 bits per heavy atom. The lowest BCUT2D eigenvalue weighted by atomic mass is 10.1. The summed E-state index contributed by atoms with van der Waals surface area (Å²) in [6.07, 6.45) is 7.23. The summed E-state index contributed by atoms with van der Waals surface area (Å²) in [6, 6.07) is 13.3. The fraction of sp³-hybridized carbons (Fsp3) is 0.435. The van der Waals surface area contributed by atoms with Crippen LogP contribution in [0.25, 0.3) is 10.9 Å². The van der Waals surface area contributed by atoms with Crippen LogP contribution in [0, 0.1) is 0 Å². The van der Waals surface area contributed by atoms with Crippen LogP contribution >= 0.6 is 11.3 Å². The molecular weight excluding hydrogens is 368 g/mol. The van der Waals surface area contributed by atoms with Crippen LogP contribution < -0.4 is 0 Å². The summed E-state index contributed by atoms with van der Waals surface area (Å²) >= 11 is 1.87. The van der Waals surface area contributed by atoms with Crippen molar-refractivity contribution in [2.24, 2.45) is 0 Å². The van der Waals surface area contributed by atoms with E-state index in [-0.39, 0.29) is 12.5 Å². The standard InChI is InChI=1S/C23H28N2O2S/c1-2-27-23(26)17-25-16-18(19-9-5-6-10-20(19)25)15-24-13-7-3-4-11-21(24)22-12-8-14-28-22/h5-6,8-10,12,14,16,21H,2-4,7,11,13,15,17H2,1H3/t21-/m1/s1. The molecule has 1 fully saturated rings. The van der Waals surface area contributed by atoms with Gasteiger partial charge in [-0.3, -0.25) is 9.69 Å². The number of para-hydroxylation sites is 1. The van der Waals surface area contributed by atoms with Gasteiger partial charge in [0, 0.05) is 34.6 Å². The molecule has 1 aliphatic heterocycles. The number of nitrogens with zero attached hydrogens (tertiary/aromatic N) is 2. The zero-order valence-electron chi connectivity index (χ0n) is 16.5.